The zero-order valence-electron chi connectivity index (χ0n) is 11.3. The lowest BCUT2D eigenvalue weighted by molar-refractivity contribution is -0.137. The van der Waals surface area contributed by atoms with Crippen LogP contribution in [-0.2, 0) is 11.0 Å². The third-order valence-electron chi connectivity index (χ3n) is 3.32. The lowest BCUT2D eigenvalue weighted by atomic mass is 9.96. The van der Waals surface area contributed by atoms with Gasteiger partial charge < -0.3 is 5.32 Å². The van der Waals surface area contributed by atoms with Gasteiger partial charge in [0.05, 0.1) is 17.0 Å². The molecule has 6 heteroatoms. The highest BCUT2D eigenvalue weighted by atomic mass is 19.4. The van der Waals surface area contributed by atoms with E-state index >= 15 is 0 Å². The summed E-state index contributed by atoms with van der Waals surface area (Å²) >= 11 is 0. The minimum absolute atomic E-state index is 0.0287. The summed E-state index contributed by atoms with van der Waals surface area (Å²) in [6, 6.07) is 11.9. The maximum atomic E-state index is 13.2. The van der Waals surface area contributed by atoms with E-state index in [1.807, 2.05) is 0 Å². The minimum Gasteiger partial charge on any atom is -0.324 e. The van der Waals surface area contributed by atoms with E-state index in [0.29, 0.717) is 11.3 Å². The lowest BCUT2D eigenvalue weighted by Crippen LogP contribution is -2.14. The normalized spacial score (nSPS) is 14.7. The summed E-state index contributed by atoms with van der Waals surface area (Å²) in [5.74, 6) is -0.355. The van der Waals surface area contributed by atoms with Crippen LogP contribution in [0.2, 0.25) is 0 Å². The van der Waals surface area contributed by atoms with Gasteiger partial charge >= 0.3 is 6.18 Å². The zero-order chi connectivity index (χ0) is 15.7. The maximum absolute atomic E-state index is 13.2. The topological polar surface area (TPSA) is 41.5 Å². The van der Waals surface area contributed by atoms with E-state index in [1.165, 1.54) is 18.2 Å². The molecule has 0 fully saturated rings. The van der Waals surface area contributed by atoms with Crippen LogP contribution in [0.3, 0.4) is 0 Å². The molecule has 1 N–H and O–H groups in total. The number of para-hydroxylation sites is 1. The molecule has 0 spiro atoms. The molecule has 22 heavy (non-hydrogen) atoms. The Labute approximate surface area is 124 Å². The molecule has 1 amide bonds. The molecule has 3 nitrogen and oxygen atoms in total. The number of aliphatic imine (C=N–C) groups is 1. The number of halogens is 3. The van der Waals surface area contributed by atoms with Gasteiger partial charge in [-0.2, -0.15) is 13.2 Å². The second kappa shape index (κ2) is 5.29. The molecule has 0 radical (unpaired) electrons. The summed E-state index contributed by atoms with van der Waals surface area (Å²) in [5, 5.41) is 2.65. The molecule has 3 rings (SSSR count). The molecule has 1 heterocycles. The van der Waals surface area contributed by atoms with Crippen molar-refractivity contribution in [2.24, 2.45) is 4.99 Å². The highest BCUT2D eigenvalue weighted by Gasteiger charge is 2.35. The summed E-state index contributed by atoms with van der Waals surface area (Å²) in [5.41, 5.74) is 0.310. The Bertz CT molecular complexity index is 766. The van der Waals surface area contributed by atoms with E-state index < -0.39 is 11.7 Å². The molecule has 2 aromatic rings. The monoisotopic (exact) mass is 304 g/mol. The van der Waals surface area contributed by atoms with Gasteiger partial charge in [-0.25, -0.2) is 0 Å². The number of fused-ring (bicyclic) bond motifs is 1. The average Bonchev–Trinajstić information content (AvgIpc) is 2.64. The van der Waals surface area contributed by atoms with Gasteiger partial charge in [0.2, 0.25) is 5.91 Å². The fourth-order valence-electron chi connectivity index (χ4n) is 2.39. The van der Waals surface area contributed by atoms with Crippen molar-refractivity contribution < 1.29 is 18.0 Å². The van der Waals surface area contributed by atoms with E-state index in [0.717, 1.165) is 6.07 Å². The number of amides is 1. The average molecular weight is 304 g/mol. The number of benzene rings is 2. The van der Waals surface area contributed by atoms with Gasteiger partial charge in [-0.05, 0) is 12.1 Å². The van der Waals surface area contributed by atoms with Crippen molar-refractivity contribution in [1.82, 2.24) is 0 Å². The van der Waals surface area contributed by atoms with Crippen molar-refractivity contribution in [3.05, 3.63) is 65.2 Å². The van der Waals surface area contributed by atoms with Gasteiger partial charge in [0.25, 0.3) is 0 Å². The van der Waals surface area contributed by atoms with Crippen LogP contribution in [0, 0.1) is 0 Å². The Morgan fingerprint density at radius 3 is 2.32 bits per heavy atom. The molecular weight excluding hydrogens is 293 g/mol. The van der Waals surface area contributed by atoms with Crippen LogP contribution in [0.25, 0.3) is 0 Å². The zero-order valence-corrected chi connectivity index (χ0v) is 11.3. The number of carbonyl (C=O) groups is 1. The van der Waals surface area contributed by atoms with Gasteiger partial charge in [0.15, 0.2) is 0 Å². The summed E-state index contributed by atoms with van der Waals surface area (Å²) in [7, 11) is 0. The van der Waals surface area contributed by atoms with Crippen LogP contribution >= 0.6 is 0 Å². The van der Waals surface area contributed by atoms with Gasteiger partial charge in [0, 0.05) is 11.1 Å². The number of nitrogens with one attached hydrogen (secondary N) is 1. The number of hydrogen-bond donors (Lipinski definition) is 1. The first-order valence-electron chi connectivity index (χ1n) is 6.57. The molecule has 0 aromatic heterocycles. The van der Waals surface area contributed by atoms with Crippen molar-refractivity contribution in [3.8, 4) is 0 Å². The van der Waals surface area contributed by atoms with Crippen molar-refractivity contribution in [2.45, 2.75) is 6.18 Å². The van der Waals surface area contributed by atoms with Crippen molar-refractivity contribution in [2.75, 3.05) is 11.9 Å². The molecule has 0 atom stereocenters. The van der Waals surface area contributed by atoms with Crippen LogP contribution in [-0.4, -0.2) is 18.2 Å². The van der Waals surface area contributed by atoms with E-state index in [2.05, 4.69) is 10.3 Å². The quantitative estimate of drug-likeness (QED) is 0.861. The third kappa shape index (κ3) is 2.59. The Morgan fingerprint density at radius 1 is 0.955 bits per heavy atom. The lowest BCUT2D eigenvalue weighted by Gasteiger charge is -2.15. The molecule has 0 saturated heterocycles. The van der Waals surface area contributed by atoms with Crippen molar-refractivity contribution in [1.29, 1.82) is 0 Å². The SMILES string of the molecule is O=C1CN=C(c2ccccc2C(F)(F)F)c2ccccc2N1. The molecule has 1 aliphatic heterocycles. The first kappa shape index (κ1) is 14.3. The Morgan fingerprint density at radius 2 is 1.59 bits per heavy atom. The van der Waals surface area contributed by atoms with Gasteiger partial charge in [-0.1, -0.05) is 36.4 Å². The first-order chi connectivity index (χ1) is 10.5. The Balaban J connectivity index is 2.23. The number of nitrogens with zero attached hydrogens (tertiary/aromatic N) is 1. The molecule has 0 bridgehead atoms. The minimum atomic E-state index is -4.49. The molecule has 0 aliphatic carbocycles. The van der Waals surface area contributed by atoms with Crippen LogP contribution in [0.1, 0.15) is 16.7 Å². The second-order valence-electron chi connectivity index (χ2n) is 4.80. The second-order valence-corrected chi connectivity index (χ2v) is 4.80. The van der Waals surface area contributed by atoms with E-state index in [1.54, 1.807) is 24.3 Å². The standard InChI is InChI=1S/C16H11F3N2O/c17-16(18,19)12-7-3-1-5-10(12)15-11-6-2-4-8-13(11)21-14(22)9-20-15/h1-8H,9H2,(H,21,22). The predicted octanol–water partition coefficient (Wildman–Crippen LogP) is 3.49. The maximum Gasteiger partial charge on any atom is 0.417 e. The number of anilines is 1. The van der Waals surface area contributed by atoms with Gasteiger partial charge in [0.1, 0.15) is 6.54 Å². The molecule has 1 aliphatic rings. The fraction of sp³-hybridized carbons (Fsp3) is 0.125. The molecule has 112 valence electrons. The Kier molecular flexibility index (Phi) is 3.44. The van der Waals surface area contributed by atoms with Crippen LogP contribution in [0.15, 0.2) is 53.5 Å². The number of benzodiazepines with no additional fused rings is 1. The molecular formula is C16H11F3N2O. The van der Waals surface area contributed by atoms with E-state index in [-0.39, 0.29) is 23.7 Å². The van der Waals surface area contributed by atoms with E-state index in [9.17, 15) is 18.0 Å². The third-order valence-corrected chi connectivity index (χ3v) is 3.32. The van der Waals surface area contributed by atoms with Crippen molar-refractivity contribution >= 4 is 17.3 Å². The summed E-state index contributed by atoms with van der Waals surface area (Å²) in [4.78, 5) is 15.8. The van der Waals surface area contributed by atoms with Gasteiger partial charge in [-0.3, -0.25) is 9.79 Å². The summed E-state index contributed by atoms with van der Waals surface area (Å²) in [6.45, 7) is -0.212. The highest BCUT2D eigenvalue weighted by Crippen LogP contribution is 2.34. The number of hydrogen-bond acceptors (Lipinski definition) is 2. The molecule has 0 saturated carbocycles. The first-order valence-corrected chi connectivity index (χ1v) is 6.57. The van der Waals surface area contributed by atoms with Crippen molar-refractivity contribution in [3.63, 3.8) is 0 Å². The highest BCUT2D eigenvalue weighted by molar-refractivity contribution is 6.19. The summed E-state index contributed by atoms with van der Waals surface area (Å²) < 4.78 is 39.7. The summed E-state index contributed by atoms with van der Waals surface area (Å²) in [6.07, 6.45) is -4.49. The number of carbonyl (C=O) groups excluding carboxylic acids is 1. The Hall–Kier alpha value is -2.63. The molecule has 0 unspecified atom stereocenters. The predicted molar refractivity (Wildman–Crippen MR) is 77.0 cm³/mol. The smallest absolute Gasteiger partial charge is 0.324 e. The molecule has 2 aromatic carbocycles. The largest absolute Gasteiger partial charge is 0.417 e. The number of alkyl halides is 3. The van der Waals surface area contributed by atoms with Gasteiger partial charge in [-0.15, -0.1) is 0 Å². The van der Waals surface area contributed by atoms with Crippen LogP contribution in [0.5, 0.6) is 0 Å². The van der Waals surface area contributed by atoms with E-state index in [4.69, 9.17) is 0 Å². The number of rotatable bonds is 1. The fourth-order valence-corrected chi connectivity index (χ4v) is 2.39. The van der Waals surface area contributed by atoms with Crippen LogP contribution in [0.4, 0.5) is 18.9 Å². The van der Waals surface area contributed by atoms with Crippen LogP contribution < -0.4 is 5.32 Å².